The predicted molar refractivity (Wildman–Crippen MR) is 91.2 cm³/mol. The molecule has 2 aromatic rings. The van der Waals surface area contributed by atoms with Gasteiger partial charge in [0.1, 0.15) is 0 Å². The normalized spacial score (nSPS) is 12.0. The first-order chi connectivity index (χ1) is 9.87. The first-order valence-corrected chi connectivity index (χ1v) is 8.60. The van der Waals surface area contributed by atoms with Crippen molar-refractivity contribution in [3.8, 4) is 0 Å². The summed E-state index contributed by atoms with van der Waals surface area (Å²) in [5, 5.41) is 12.6. The lowest BCUT2D eigenvalue weighted by Gasteiger charge is -2.20. The maximum Gasteiger partial charge on any atom is 0.0628 e. The zero-order valence-electron chi connectivity index (χ0n) is 13.9. The molecular weight excluding hydrogens is 278 g/mol. The van der Waals surface area contributed by atoms with Gasteiger partial charge in [0, 0.05) is 17.8 Å². The van der Waals surface area contributed by atoms with Gasteiger partial charge in [-0.05, 0) is 82.0 Å². The van der Waals surface area contributed by atoms with E-state index >= 15 is 0 Å². The van der Waals surface area contributed by atoms with Gasteiger partial charge in [0.2, 0.25) is 0 Å². The van der Waals surface area contributed by atoms with Crippen LogP contribution in [0.5, 0.6) is 0 Å². The second kappa shape index (κ2) is 6.75. The second-order valence-corrected chi connectivity index (χ2v) is 7.46. The van der Waals surface area contributed by atoms with Gasteiger partial charge in [-0.3, -0.25) is 4.68 Å². The van der Waals surface area contributed by atoms with Gasteiger partial charge in [0.15, 0.2) is 0 Å². The van der Waals surface area contributed by atoms with Gasteiger partial charge in [-0.1, -0.05) is 0 Å². The Kier molecular flexibility index (Phi) is 5.22. The molecule has 0 amide bonds. The fourth-order valence-corrected chi connectivity index (χ4v) is 3.25. The Balaban J connectivity index is 1.96. The number of nitrogens with zero attached hydrogens (tertiary/aromatic N) is 2. The van der Waals surface area contributed by atoms with Crippen LogP contribution in [0.15, 0.2) is 16.8 Å². The Morgan fingerprint density at radius 3 is 2.62 bits per heavy atom. The van der Waals surface area contributed by atoms with Crippen molar-refractivity contribution < 1.29 is 0 Å². The molecule has 0 aliphatic rings. The van der Waals surface area contributed by atoms with E-state index in [1.807, 2.05) is 0 Å². The van der Waals surface area contributed by atoms with E-state index in [2.05, 4.69) is 61.4 Å². The van der Waals surface area contributed by atoms with Crippen LogP contribution in [0.3, 0.4) is 0 Å². The van der Waals surface area contributed by atoms with Crippen molar-refractivity contribution in [2.24, 2.45) is 0 Å². The molecular formula is C17H27N3S. The summed E-state index contributed by atoms with van der Waals surface area (Å²) >= 11 is 1.76. The maximum absolute atomic E-state index is 4.72. The fraction of sp³-hybridized carbons (Fsp3) is 0.588. The summed E-state index contributed by atoms with van der Waals surface area (Å²) in [6, 6.07) is 2.20. The van der Waals surface area contributed by atoms with Crippen LogP contribution < -0.4 is 5.32 Å². The topological polar surface area (TPSA) is 29.9 Å². The second-order valence-electron chi connectivity index (χ2n) is 6.68. The lowest BCUT2D eigenvalue weighted by atomic mass is 10.1. The number of nitrogens with one attached hydrogen (secondary N) is 1. The molecule has 0 saturated heterocycles. The average Bonchev–Trinajstić information content (AvgIpc) is 2.98. The van der Waals surface area contributed by atoms with E-state index in [1.54, 1.807) is 11.3 Å². The number of rotatable bonds is 6. The molecule has 2 heterocycles. The number of hydrogen-bond acceptors (Lipinski definition) is 3. The molecule has 0 aliphatic heterocycles. The van der Waals surface area contributed by atoms with Crippen LogP contribution in [0.2, 0.25) is 0 Å². The third kappa shape index (κ3) is 4.68. The van der Waals surface area contributed by atoms with Crippen LogP contribution in [0, 0.1) is 13.8 Å². The first kappa shape index (κ1) is 16.2. The van der Waals surface area contributed by atoms with E-state index < -0.39 is 0 Å². The molecule has 2 rings (SSSR count). The van der Waals surface area contributed by atoms with Gasteiger partial charge >= 0.3 is 0 Å². The first-order valence-electron chi connectivity index (χ1n) is 7.66. The van der Waals surface area contributed by atoms with Crippen molar-refractivity contribution in [1.82, 2.24) is 15.1 Å². The van der Waals surface area contributed by atoms with Crippen LogP contribution in [-0.4, -0.2) is 21.9 Å². The van der Waals surface area contributed by atoms with Gasteiger partial charge in [0.05, 0.1) is 5.69 Å². The molecule has 0 spiro atoms. The molecule has 2 aromatic heterocycles. The minimum Gasteiger partial charge on any atom is -0.312 e. The quantitative estimate of drug-likeness (QED) is 0.881. The summed E-state index contributed by atoms with van der Waals surface area (Å²) in [6.07, 6.45) is 2.11. The summed E-state index contributed by atoms with van der Waals surface area (Å²) in [7, 11) is 0. The van der Waals surface area contributed by atoms with Crippen LogP contribution in [0.25, 0.3) is 0 Å². The standard InChI is InChI=1S/C17H27N3S/c1-13-16(6-9-18-17(3,4)5)14(2)20(19-13)10-7-15-8-11-21-12-15/h8,11-12,18H,6-7,9-10H2,1-5H3. The highest BCUT2D eigenvalue weighted by molar-refractivity contribution is 7.07. The molecule has 0 bridgehead atoms. The van der Waals surface area contributed by atoms with Crippen LogP contribution >= 0.6 is 11.3 Å². The molecule has 4 heteroatoms. The zero-order chi connectivity index (χ0) is 15.5. The Morgan fingerprint density at radius 1 is 1.24 bits per heavy atom. The molecule has 0 radical (unpaired) electrons. The smallest absolute Gasteiger partial charge is 0.0628 e. The molecule has 21 heavy (non-hydrogen) atoms. The van der Waals surface area contributed by atoms with Crippen molar-refractivity contribution in [2.75, 3.05) is 6.54 Å². The van der Waals surface area contributed by atoms with Crippen LogP contribution in [-0.2, 0) is 19.4 Å². The fourth-order valence-electron chi connectivity index (χ4n) is 2.55. The van der Waals surface area contributed by atoms with Gasteiger partial charge < -0.3 is 5.32 Å². The average molecular weight is 305 g/mol. The summed E-state index contributed by atoms with van der Waals surface area (Å²) in [6.45, 7) is 12.9. The van der Waals surface area contributed by atoms with Crippen molar-refractivity contribution >= 4 is 11.3 Å². The Hall–Kier alpha value is -1.13. The highest BCUT2D eigenvalue weighted by Crippen LogP contribution is 2.15. The predicted octanol–water partition coefficient (Wildman–Crippen LogP) is 3.73. The number of hydrogen-bond donors (Lipinski definition) is 1. The minimum absolute atomic E-state index is 0.177. The lowest BCUT2D eigenvalue weighted by molar-refractivity contribution is 0.429. The molecule has 116 valence electrons. The summed E-state index contributed by atoms with van der Waals surface area (Å²) in [5.74, 6) is 0. The molecule has 0 aromatic carbocycles. The van der Waals surface area contributed by atoms with Gasteiger partial charge in [-0.2, -0.15) is 16.4 Å². The third-order valence-corrected chi connectivity index (χ3v) is 4.49. The summed E-state index contributed by atoms with van der Waals surface area (Å²) in [4.78, 5) is 0. The van der Waals surface area contributed by atoms with Crippen molar-refractivity contribution in [2.45, 2.75) is 59.5 Å². The largest absolute Gasteiger partial charge is 0.312 e. The van der Waals surface area contributed by atoms with E-state index in [0.29, 0.717) is 0 Å². The molecule has 0 saturated carbocycles. The third-order valence-electron chi connectivity index (χ3n) is 3.75. The summed E-state index contributed by atoms with van der Waals surface area (Å²) in [5.41, 5.74) is 5.48. The SMILES string of the molecule is Cc1nn(CCc2ccsc2)c(C)c1CCNC(C)(C)C. The monoisotopic (exact) mass is 305 g/mol. The number of aryl methyl sites for hydroxylation is 3. The summed E-state index contributed by atoms with van der Waals surface area (Å²) < 4.78 is 2.17. The molecule has 3 nitrogen and oxygen atoms in total. The molecule has 0 aliphatic carbocycles. The maximum atomic E-state index is 4.72. The Labute approximate surface area is 132 Å². The highest BCUT2D eigenvalue weighted by Gasteiger charge is 2.13. The molecule has 1 N–H and O–H groups in total. The van der Waals surface area contributed by atoms with E-state index in [4.69, 9.17) is 5.10 Å². The molecule has 0 atom stereocenters. The van der Waals surface area contributed by atoms with E-state index in [-0.39, 0.29) is 5.54 Å². The van der Waals surface area contributed by atoms with Gasteiger partial charge in [0.25, 0.3) is 0 Å². The van der Waals surface area contributed by atoms with Gasteiger partial charge in [-0.15, -0.1) is 0 Å². The van der Waals surface area contributed by atoms with Crippen LogP contribution in [0.1, 0.15) is 43.3 Å². The zero-order valence-corrected chi connectivity index (χ0v) is 14.7. The van der Waals surface area contributed by atoms with Crippen molar-refractivity contribution in [3.63, 3.8) is 0 Å². The highest BCUT2D eigenvalue weighted by atomic mass is 32.1. The lowest BCUT2D eigenvalue weighted by Crippen LogP contribution is -2.37. The van der Waals surface area contributed by atoms with E-state index in [1.165, 1.54) is 22.5 Å². The van der Waals surface area contributed by atoms with Crippen molar-refractivity contribution in [3.05, 3.63) is 39.3 Å². The number of thiophene rings is 1. The Morgan fingerprint density at radius 2 is 2.00 bits per heavy atom. The van der Waals surface area contributed by atoms with Gasteiger partial charge in [-0.25, -0.2) is 0 Å². The van der Waals surface area contributed by atoms with E-state index in [9.17, 15) is 0 Å². The Bertz CT molecular complexity index is 562. The van der Waals surface area contributed by atoms with E-state index in [0.717, 1.165) is 25.9 Å². The van der Waals surface area contributed by atoms with Crippen LogP contribution in [0.4, 0.5) is 0 Å². The number of aromatic nitrogens is 2. The minimum atomic E-state index is 0.177. The molecule has 0 fully saturated rings. The molecule has 0 unspecified atom stereocenters. The van der Waals surface area contributed by atoms with Crippen molar-refractivity contribution in [1.29, 1.82) is 0 Å².